The van der Waals surface area contributed by atoms with Crippen molar-refractivity contribution in [2.45, 2.75) is 12.3 Å². The highest BCUT2D eigenvalue weighted by molar-refractivity contribution is 6.30. The summed E-state index contributed by atoms with van der Waals surface area (Å²) >= 11 is 5.80. The van der Waals surface area contributed by atoms with Crippen LogP contribution in [0.25, 0.3) is 0 Å². The Morgan fingerprint density at radius 3 is 2.58 bits per heavy atom. The second-order valence-corrected chi connectivity index (χ2v) is 3.68. The summed E-state index contributed by atoms with van der Waals surface area (Å²) in [6.45, 7) is 2.26. The van der Waals surface area contributed by atoms with Crippen LogP contribution >= 0.6 is 11.6 Å². The molecule has 1 nitrogen and oxygen atoms in total. The van der Waals surface area contributed by atoms with Crippen molar-refractivity contribution in [3.63, 3.8) is 0 Å². The molecule has 1 aliphatic rings. The van der Waals surface area contributed by atoms with Gasteiger partial charge in [-0.1, -0.05) is 23.7 Å². The van der Waals surface area contributed by atoms with Crippen molar-refractivity contribution < 1.29 is 0 Å². The molecule has 0 aliphatic carbocycles. The van der Waals surface area contributed by atoms with Gasteiger partial charge in [0.25, 0.3) is 0 Å². The third-order valence-corrected chi connectivity index (χ3v) is 2.65. The molecule has 0 amide bonds. The van der Waals surface area contributed by atoms with Gasteiger partial charge in [-0.3, -0.25) is 0 Å². The second-order valence-electron chi connectivity index (χ2n) is 3.24. The van der Waals surface area contributed by atoms with Crippen molar-refractivity contribution >= 4 is 11.6 Å². The molecule has 0 radical (unpaired) electrons. The zero-order valence-corrected chi connectivity index (χ0v) is 7.64. The Balaban J connectivity index is 2.17. The van der Waals surface area contributed by atoms with Crippen LogP contribution in [-0.4, -0.2) is 13.1 Å². The van der Waals surface area contributed by atoms with Gasteiger partial charge in [-0.05, 0) is 36.6 Å². The maximum absolute atomic E-state index is 5.80. The van der Waals surface area contributed by atoms with E-state index >= 15 is 0 Å². The Bertz CT molecular complexity index is 249. The molecule has 1 saturated heterocycles. The van der Waals surface area contributed by atoms with Gasteiger partial charge in [-0.2, -0.15) is 0 Å². The SMILES string of the molecule is Clc1ccc([C@@H]2CCNC2)cc1. The largest absolute Gasteiger partial charge is 0.316 e. The van der Waals surface area contributed by atoms with Gasteiger partial charge in [-0.25, -0.2) is 0 Å². The maximum atomic E-state index is 5.80. The molecular formula is C10H12ClN. The zero-order chi connectivity index (χ0) is 8.39. The molecule has 64 valence electrons. The Morgan fingerprint density at radius 1 is 1.25 bits per heavy atom. The lowest BCUT2D eigenvalue weighted by Crippen LogP contribution is -2.07. The Labute approximate surface area is 77.7 Å². The predicted molar refractivity (Wildman–Crippen MR) is 51.7 cm³/mol. The fourth-order valence-corrected chi connectivity index (χ4v) is 1.80. The van der Waals surface area contributed by atoms with Gasteiger partial charge in [0.1, 0.15) is 0 Å². The minimum Gasteiger partial charge on any atom is -0.316 e. The van der Waals surface area contributed by atoms with Gasteiger partial charge in [-0.15, -0.1) is 0 Å². The van der Waals surface area contributed by atoms with Crippen LogP contribution in [0.15, 0.2) is 24.3 Å². The highest BCUT2D eigenvalue weighted by Gasteiger charge is 2.15. The number of hydrogen-bond donors (Lipinski definition) is 1. The number of halogens is 1. The van der Waals surface area contributed by atoms with E-state index in [1.165, 1.54) is 12.0 Å². The lowest BCUT2D eigenvalue weighted by molar-refractivity contribution is 0.763. The summed E-state index contributed by atoms with van der Waals surface area (Å²) in [5, 5.41) is 4.18. The van der Waals surface area contributed by atoms with Crippen molar-refractivity contribution in [2.75, 3.05) is 13.1 Å². The quantitative estimate of drug-likeness (QED) is 0.702. The minimum absolute atomic E-state index is 0.697. The second kappa shape index (κ2) is 3.46. The first-order valence-electron chi connectivity index (χ1n) is 4.32. The number of rotatable bonds is 1. The van der Waals surface area contributed by atoms with Crippen molar-refractivity contribution in [3.05, 3.63) is 34.9 Å². The molecule has 1 aromatic carbocycles. The molecule has 12 heavy (non-hydrogen) atoms. The van der Waals surface area contributed by atoms with Crippen LogP contribution in [0.1, 0.15) is 17.9 Å². The normalized spacial score (nSPS) is 22.9. The maximum Gasteiger partial charge on any atom is 0.0406 e. The minimum atomic E-state index is 0.697. The Kier molecular flexibility index (Phi) is 2.33. The summed E-state index contributed by atoms with van der Waals surface area (Å²) in [4.78, 5) is 0. The van der Waals surface area contributed by atoms with Gasteiger partial charge in [0.15, 0.2) is 0 Å². The van der Waals surface area contributed by atoms with E-state index in [-0.39, 0.29) is 0 Å². The highest BCUT2D eigenvalue weighted by Crippen LogP contribution is 2.23. The van der Waals surface area contributed by atoms with E-state index in [1.807, 2.05) is 12.1 Å². The average Bonchev–Trinajstić information content (AvgIpc) is 2.58. The van der Waals surface area contributed by atoms with Gasteiger partial charge < -0.3 is 5.32 Å². The average molecular weight is 182 g/mol. The molecule has 0 saturated carbocycles. The molecule has 0 aromatic heterocycles. The molecule has 1 aromatic rings. The fraction of sp³-hybridized carbons (Fsp3) is 0.400. The summed E-state index contributed by atoms with van der Waals surface area (Å²) in [5.41, 5.74) is 1.41. The summed E-state index contributed by atoms with van der Waals surface area (Å²) in [6, 6.07) is 8.18. The van der Waals surface area contributed by atoms with E-state index in [0.29, 0.717) is 5.92 Å². The molecule has 1 heterocycles. The number of benzene rings is 1. The van der Waals surface area contributed by atoms with Crippen LogP contribution in [0.2, 0.25) is 5.02 Å². The smallest absolute Gasteiger partial charge is 0.0406 e. The zero-order valence-electron chi connectivity index (χ0n) is 6.89. The first-order chi connectivity index (χ1) is 5.86. The van der Waals surface area contributed by atoms with Gasteiger partial charge in [0, 0.05) is 11.6 Å². The third-order valence-electron chi connectivity index (χ3n) is 2.40. The van der Waals surface area contributed by atoms with E-state index in [2.05, 4.69) is 17.4 Å². The van der Waals surface area contributed by atoms with Crippen LogP contribution in [0.4, 0.5) is 0 Å². The van der Waals surface area contributed by atoms with Crippen LogP contribution in [0.5, 0.6) is 0 Å². The molecule has 1 atom stereocenters. The molecular weight excluding hydrogens is 170 g/mol. The molecule has 1 fully saturated rings. The Hall–Kier alpha value is -0.530. The van der Waals surface area contributed by atoms with Crippen molar-refractivity contribution in [1.82, 2.24) is 5.32 Å². The predicted octanol–water partition coefficient (Wildman–Crippen LogP) is 2.42. The summed E-state index contributed by atoms with van der Waals surface area (Å²) in [5.74, 6) is 0.697. The monoisotopic (exact) mass is 181 g/mol. The first kappa shape index (κ1) is 8.09. The van der Waals surface area contributed by atoms with Crippen LogP contribution < -0.4 is 5.32 Å². The highest BCUT2D eigenvalue weighted by atomic mass is 35.5. The molecule has 0 unspecified atom stereocenters. The first-order valence-corrected chi connectivity index (χ1v) is 4.70. The van der Waals surface area contributed by atoms with E-state index in [4.69, 9.17) is 11.6 Å². The molecule has 1 aliphatic heterocycles. The van der Waals surface area contributed by atoms with E-state index in [1.54, 1.807) is 0 Å². The van der Waals surface area contributed by atoms with Gasteiger partial charge >= 0.3 is 0 Å². The third kappa shape index (κ3) is 1.62. The van der Waals surface area contributed by atoms with Gasteiger partial charge in [0.2, 0.25) is 0 Å². The molecule has 1 N–H and O–H groups in total. The molecule has 0 bridgehead atoms. The fourth-order valence-electron chi connectivity index (χ4n) is 1.67. The van der Waals surface area contributed by atoms with Crippen LogP contribution in [-0.2, 0) is 0 Å². The summed E-state index contributed by atoms with van der Waals surface area (Å²) in [6.07, 6.45) is 1.25. The number of nitrogens with one attached hydrogen (secondary N) is 1. The topological polar surface area (TPSA) is 12.0 Å². The Morgan fingerprint density at radius 2 is 2.00 bits per heavy atom. The van der Waals surface area contributed by atoms with Crippen molar-refractivity contribution in [1.29, 1.82) is 0 Å². The molecule has 2 heteroatoms. The van der Waals surface area contributed by atoms with Crippen LogP contribution in [0, 0.1) is 0 Å². The molecule has 2 rings (SSSR count). The van der Waals surface area contributed by atoms with Crippen LogP contribution in [0.3, 0.4) is 0 Å². The van der Waals surface area contributed by atoms with Crippen molar-refractivity contribution in [3.8, 4) is 0 Å². The van der Waals surface area contributed by atoms with E-state index in [0.717, 1.165) is 18.1 Å². The lowest BCUT2D eigenvalue weighted by Gasteiger charge is -2.07. The molecule has 0 spiro atoms. The van der Waals surface area contributed by atoms with Gasteiger partial charge in [0.05, 0.1) is 0 Å². The standard InChI is InChI=1S/C10H12ClN/c11-10-3-1-8(2-4-10)9-5-6-12-7-9/h1-4,9,12H,5-7H2/t9-/m1/s1. The van der Waals surface area contributed by atoms with Crippen molar-refractivity contribution in [2.24, 2.45) is 0 Å². The summed E-state index contributed by atoms with van der Waals surface area (Å²) in [7, 11) is 0. The summed E-state index contributed by atoms with van der Waals surface area (Å²) < 4.78 is 0. The lowest BCUT2D eigenvalue weighted by atomic mass is 9.99. The number of hydrogen-bond acceptors (Lipinski definition) is 1. The van der Waals surface area contributed by atoms with E-state index in [9.17, 15) is 0 Å². The van der Waals surface area contributed by atoms with E-state index < -0.39 is 0 Å².